The highest BCUT2D eigenvalue weighted by Gasteiger charge is 2.41. The van der Waals surface area contributed by atoms with Crippen molar-refractivity contribution < 1.29 is 19.1 Å². The van der Waals surface area contributed by atoms with Crippen molar-refractivity contribution in [2.24, 2.45) is 0 Å². The Bertz CT molecular complexity index is 1290. The van der Waals surface area contributed by atoms with Crippen LogP contribution in [0.15, 0.2) is 72.8 Å². The van der Waals surface area contributed by atoms with Crippen molar-refractivity contribution in [2.75, 3.05) is 18.6 Å². The number of ether oxygens (including phenoxy) is 1. The topological polar surface area (TPSA) is 79.0 Å². The van der Waals surface area contributed by atoms with Gasteiger partial charge in [0.05, 0.1) is 30.9 Å². The zero-order valence-electron chi connectivity index (χ0n) is 20.4. The molecule has 0 radical (unpaired) electrons. The van der Waals surface area contributed by atoms with Gasteiger partial charge in [-0.25, -0.2) is 0 Å². The number of para-hydroxylation sites is 1. The van der Waals surface area contributed by atoms with Crippen LogP contribution in [0.3, 0.4) is 0 Å². The molecule has 2 aliphatic rings. The van der Waals surface area contributed by atoms with E-state index in [0.29, 0.717) is 36.3 Å². The monoisotopic (exact) mass is 483 g/mol. The number of methoxy groups -OCH3 is 1. The number of nitrogens with one attached hydrogen (secondary N) is 1. The number of anilines is 1. The predicted octanol–water partition coefficient (Wildman–Crippen LogP) is 4.34. The second-order valence-corrected chi connectivity index (χ2v) is 9.26. The Morgan fingerprint density at radius 1 is 1.03 bits per heavy atom. The molecule has 1 saturated heterocycles. The Morgan fingerprint density at radius 3 is 2.47 bits per heavy atom. The number of rotatable bonds is 6. The maximum Gasteiger partial charge on any atom is 0.256 e. The molecule has 2 aliphatic heterocycles. The summed E-state index contributed by atoms with van der Waals surface area (Å²) in [6.45, 7) is 2.87. The largest absolute Gasteiger partial charge is 0.497 e. The van der Waals surface area contributed by atoms with Crippen molar-refractivity contribution in [3.8, 4) is 5.75 Å². The van der Waals surface area contributed by atoms with E-state index in [9.17, 15) is 14.4 Å². The van der Waals surface area contributed by atoms with Gasteiger partial charge in [-0.2, -0.15) is 0 Å². The summed E-state index contributed by atoms with van der Waals surface area (Å²) in [5, 5.41) is 3.02. The second-order valence-electron chi connectivity index (χ2n) is 9.26. The lowest BCUT2D eigenvalue weighted by atomic mass is 10.1. The number of amides is 3. The van der Waals surface area contributed by atoms with E-state index in [0.717, 1.165) is 23.3 Å². The Morgan fingerprint density at radius 2 is 1.75 bits per heavy atom. The summed E-state index contributed by atoms with van der Waals surface area (Å²) in [6, 6.07) is 21.6. The zero-order chi connectivity index (χ0) is 25.2. The molecule has 184 valence electrons. The van der Waals surface area contributed by atoms with E-state index in [4.69, 9.17) is 4.74 Å². The summed E-state index contributed by atoms with van der Waals surface area (Å²) >= 11 is 0. The first kappa shape index (κ1) is 23.6. The van der Waals surface area contributed by atoms with Gasteiger partial charge in [-0.3, -0.25) is 14.4 Å². The number of fused-ring (bicyclic) bond motifs is 2. The summed E-state index contributed by atoms with van der Waals surface area (Å²) in [7, 11) is 1.62. The first-order chi connectivity index (χ1) is 17.5. The summed E-state index contributed by atoms with van der Waals surface area (Å²) in [4.78, 5) is 42.8. The van der Waals surface area contributed by atoms with Gasteiger partial charge in [-0.05, 0) is 67.3 Å². The van der Waals surface area contributed by atoms with E-state index in [1.165, 1.54) is 0 Å². The fraction of sp³-hybridized carbons (Fsp3) is 0.276. The van der Waals surface area contributed by atoms with Crippen LogP contribution in [0, 0.1) is 0 Å². The van der Waals surface area contributed by atoms with E-state index in [1.807, 2.05) is 61.5 Å². The number of hydrogen-bond donors (Lipinski definition) is 1. The van der Waals surface area contributed by atoms with Crippen molar-refractivity contribution in [3.63, 3.8) is 0 Å². The Balaban J connectivity index is 1.32. The molecule has 0 aromatic heterocycles. The predicted molar refractivity (Wildman–Crippen MR) is 137 cm³/mol. The summed E-state index contributed by atoms with van der Waals surface area (Å²) in [5.74, 6) is 0.458. The van der Waals surface area contributed by atoms with Crippen LogP contribution in [-0.4, -0.2) is 42.3 Å². The van der Waals surface area contributed by atoms with E-state index >= 15 is 0 Å². The molecular weight excluding hydrogens is 454 g/mol. The average Bonchev–Trinajstić information content (AvgIpc) is 3.39. The molecule has 0 saturated carbocycles. The molecule has 2 atom stereocenters. The highest BCUT2D eigenvalue weighted by Crippen LogP contribution is 2.33. The Kier molecular flexibility index (Phi) is 6.46. The molecule has 0 spiro atoms. The van der Waals surface area contributed by atoms with Crippen LogP contribution < -0.4 is 15.0 Å². The number of hydrogen-bond acceptors (Lipinski definition) is 4. The van der Waals surface area contributed by atoms with E-state index < -0.39 is 6.04 Å². The third-order valence-corrected chi connectivity index (χ3v) is 7.01. The van der Waals surface area contributed by atoms with Crippen LogP contribution >= 0.6 is 0 Å². The zero-order valence-corrected chi connectivity index (χ0v) is 20.4. The van der Waals surface area contributed by atoms with Crippen molar-refractivity contribution >= 4 is 23.4 Å². The number of carbonyl (C=O) groups is 3. The van der Waals surface area contributed by atoms with Crippen LogP contribution in [0.2, 0.25) is 0 Å². The van der Waals surface area contributed by atoms with Crippen LogP contribution in [0.4, 0.5) is 5.69 Å². The van der Waals surface area contributed by atoms with Crippen molar-refractivity contribution in [2.45, 2.75) is 38.4 Å². The molecule has 1 fully saturated rings. The van der Waals surface area contributed by atoms with Gasteiger partial charge in [-0.1, -0.05) is 36.4 Å². The van der Waals surface area contributed by atoms with E-state index in [1.54, 1.807) is 35.1 Å². The molecule has 2 heterocycles. The second kappa shape index (κ2) is 9.85. The number of benzene rings is 3. The van der Waals surface area contributed by atoms with Crippen LogP contribution in [0.5, 0.6) is 5.75 Å². The third kappa shape index (κ3) is 4.44. The minimum atomic E-state index is -0.422. The SMILES string of the molecule is COc1ccc([C@@H](C)NC(=O)c2ccc(CN3C(=O)[C@H]4CCCN4C(=O)c4ccccc43)cc2)cc1. The summed E-state index contributed by atoms with van der Waals surface area (Å²) in [6.07, 6.45) is 1.51. The minimum absolute atomic E-state index is 0.0547. The molecule has 7 nitrogen and oxygen atoms in total. The van der Waals surface area contributed by atoms with Gasteiger partial charge in [0.2, 0.25) is 5.91 Å². The third-order valence-electron chi connectivity index (χ3n) is 7.01. The highest BCUT2D eigenvalue weighted by molar-refractivity contribution is 6.11. The average molecular weight is 484 g/mol. The van der Waals surface area contributed by atoms with Crippen LogP contribution in [-0.2, 0) is 11.3 Å². The fourth-order valence-electron chi connectivity index (χ4n) is 4.97. The lowest BCUT2D eigenvalue weighted by Gasteiger charge is -2.26. The lowest BCUT2D eigenvalue weighted by Crippen LogP contribution is -2.44. The maximum absolute atomic E-state index is 13.5. The standard InChI is InChI=1S/C29H29N3O4/c1-19(21-13-15-23(36-2)16-14-21)30-27(33)22-11-9-20(10-12-22)18-32-25-7-4-3-6-24(25)28(34)31-17-5-8-26(31)29(32)35/h3-4,6-7,9-16,19,26H,5,8,17-18H2,1-2H3,(H,30,33)/t19-,26-/m1/s1. The van der Waals surface area contributed by atoms with Gasteiger partial charge in [-0.15, -0.1) is 0 Å². The first-order valence-corrected chi connectivity index (χ1v) is 12.2. The molecule has 1 N–H and O–H groups in total. The van der Waals surface area contributed by atoms with Crippen LogP contribution in [0.25, 0.3) is 0 Å². The lowest BCUT2D eigenvalue weighted by molar-refractivity contribution is -0.122. The van der Waals surface area contributed by atoms with Gasteiger partial charge < -0.3 is 19.9 Å². The fourth-order valence-corrected chi connectivity index (χ4v) is 4.97. The van der Waals surface area contributed by atoms with E-state index in [2.05, 4.69) is 5.32 Å². The molecule has 0 aliphatic carbocycles. The molecule has 3 aromatic carbocycles. The van der Waals surface area contributed by atoms with Gasteiger partial charge in [0.25, 0.3) is 11.8 Å². The molecule has 7 heteroatoms. The molecular formula is C29H29N3O4. The normalized spacial score (nSPS) is 17.8. The molecule has 3 aromatic rings. The summed E-state index contributed by atoms with van der Waals surface area (Å²) in [5.41, 5.74) is 3.60. The Hall–Kier alpha value is -4.13. The van der Waals surface area contributed by atoms with Crippen LogP contribution in [0.1, 0.15) is 57.7 Å². The van der Waals surface area contributed by atoms with Gasteiger partial charge in [0, 0.05) is 12.1 Å². The van der Waals surface area contributed by atoms with E-state index in [-0.39, 0.29) is 23.8 Å². The van der Waals surface area contributed by atoms with Gasteiger partial charge >= 0.3 is 0 Å². The van der Waals surface area contributed by atoms with Gasteiger partial charge in [0.15, 0.2) is 0 Å². The van der Waals surface area contributed by atoms with Crippen molar-refractivity contribution in [1.29, 1.82) is 0 Å². The van der Waals surface area contributed by atoms with Gasteiger partial charge in [0.1, 0.15) is 11.8 Å². The molecule has 0 unspecified atom stereocenters. The summed E-state index contributed by atoms with van der Waals surface area (Å²) < 4.78 is 5.19. The molecule has 3 amide bonds. The highest BCUT2D eigenvalue weighted by atomic mass is 16.5. The first-order valence-electron chi connectivity index (χ1n) is 12.2. The maximum atomic E-state index is 13.5. The van der Waals surface area contributed by atoms with Crippen molar-refractivity contribution in [1.82, 2.24) is 10.2 Å². The minimum Gasteiger partial charge on any atom is -0.497 e. The Labute approximate surface area is 210 Å². The molecule has 36 heavy (non-hydrogen) atoms. The molecule has 5 rings (SSSR count). The van der Waals surface area contributed by atoms with Crippen molar-refractivity contribution in [3.05, 3.63) is 95.1 Å². The smallest absolute Gasteiger partial charge is 0.256 e. The quantitative estimate of drug-likeness (QED) is 0.566. The molecule has 0 bridgehead atoms. The number of nitrogens with zero attached hydrogens (tertiary/aromatic N) is 2. The number of carbonyl (C=O) groups excluding carboxylic acids is 3.